The van der Waals surface area contributed by atoms with Gasteiger partial charge in [-0.1, -0.05) is 12.1 Å². The van der Waals surface area contributed by atoms with Gasteiger partial charge in [0, 0.05) is 0 Å². The van der Waals surface area contributed by atoms with Crippen molar-refractivity contribution in [3.63, 3.8) is 0 Å². The number of phenols is 1. The Labute approximate surface area is 141 Å². The van der Waals surface area contributed by atoms with Gasteiger partial charge in [0.1, 0.15) is 17.3 Å². The van der Waals surface area contributed by atoms with Crippen LogP contribution >= 0.6 is 0 Å². The molecule has 7 heteroatoms. The number of benzene rings is 2. The van der Waals surface area contributed by atoms with E-state index in [0.717, 1.165) is 6.07 Å². The van der Waals surface area contributed by atoms with E-state index < -0.39 is 17.7 Å². The monoisotopic (exact) mass is 341 g/mol. The molecule has 2 aromatic carbocycles. The smallest absolute Gasteiger partial charge is 0.337 e. The number of carbonyl (C=O) groups excluding carboxylic acids is 1. The molecule has 0 aliphatic heterocycles. The van der Waals surface area contributed by atoms with Crippen molar-refractivity contribution in [1.82, 2.24) is 0 Å². The first-order chi connectivity index (χ1) is 12.0. The molecule has 0 spiro atoms. The number of halogens is 1. The number of amides is 1. The topological polar surface area (TPSA) is 99.8 Å². The molecule has 1 amide bonds. The highest BCUT2D eigenvalue weighted by Gasteiger charge is 2.18. The van der Waals surface area contributed by atoms with Crippen LogP contribution in [-0.2, 0) is 0 Å². The Morgan fingerprint density at radius 2 is 1.80 bits per heavy atom. The Bertz CT molecular complexity index is 964. The molecule has 0 aliphatic rings. The Kier molecular flexibility index (Phi) is 4.21. The number of phenolic OH excluding ortho intramolecular Hbond substituents is 1. The molecule has 0 aliphatic carbocycles. The van der Waals surface area contributed by atoms with Gasteiger partial charge in [-0.15, -0.1) is 0 Å². The number of hydrogen-bond donors (Lipinski definition) is 3. The summed E-state index contributed by atoms with van der Waals surface area (Å²) in [7, 11) is 0. The molecule has 3 N–H and O–H groups in total. The van der Waals surface area contributed by atoms with Gasteiger partial charge in [0.15, 0.2) is 5.76 Å². The van der Waals surface area contributed by atoms with Crippen LogP contribution in [0, 0.1) is 5.82 Å². The number of rotatable bonds is 4. The zero-order chi connectivity index (χ0) is 18.0. The van der Waals surface area contributed by atoms with E-state index in [1.54, 1.807) is 6.07 Å². The predicted octanol–water partition coefficient (Wildman–Crippen LogP) is 3.74. The maximum Gasteiger partial charge on any atom is 0.337 e. The van der Waals surface area contributed by atoms with Gasteiger partial charge in [-0.05, 0) is 42.5 Å². The molecule has 1 heterocycles. The summed E-state index contributed by atoms with van der Waals surface area (Å²) in [4.78, 5) is 23.4. The van der Waals surface area contributed by atoms with Crippen LogP contribution < -0.4 is 5.32 Å². The molecule has 0 radical (unpaired) electrons. The van der Waals surface area contributed by atoms with Crippen molar-refractivity contribution < 1.29 is 28.6 Å². The van der Waals surface area contributed by atoms with E-state index in [4.69, 9.17) is 9.52 Å². The van der Waals surface area contributed by atoms with E-state index >= 15 is 0 Å². The van der Waals surface area contributed by atoms with Crippen LogP contribution in [0.2, 0.25) is 0 Å². The van der Waals surface area contributed by atoms with Gasteiger partial charge >= 0.3 is 5.97 Å². The van der Waals surface area contributed by atoms with Gasteiger partial charge in [0.05, 0.1) is 16.8 Å². The summed E-state index contributed by atoms with van der Waals surface area (Å²) in [5.74, 6) is -2.67. The van der Waals surface area contributed by atoms with E-state index in [9.17, 15) is 19.1 Å². The lowest BCUT2D eigenvalue weighted by Gasteiger charge is -2.07. The van der Waals surface area contributed by atoms with Crippen LogP contribution in [-0.4, -0.2) is 22.1 Å². The zero-order valence-electron chi connectivity index (χ0n) is 12.7. The summed E-state index contributed by atoms with van der Waals surface area (Å²) in [6, 6.07) is 12.3. The van der Waals surface area contributed by atoms with Crippen LogP contribution in [0.3, 0.4) is 0 Å². The van der Waals surface area contributed by atoms with Crippen LogP contribution in [0.5, 0.6) is 5.75 Å². The number of carboxylic acids is 1. The van der Waals surface area contributed by atoms with Gasteiger partial charge in [-0.25, -0.2) is 9.18 Å². The maximum atomic E-state index is 13.8. The van der Waals surface area contributed by atoms with E-state index in [1.165, 1.54) is 42.5 Å². The third kappa shape index (κ3) is 3.35. The van der Waals surface area contributed by atoms with E-state index in [-0.39, 0.29) is 34.1 Å². The molecular weight excluding hydrogens is 329 g/mol. The minimum absolute atomic E-state index is 0.000795. The number of carbonyl (C=O) groups is 2. The average Bonchev–Trinajstić information content (AvgIpc) is 3.06. The van der Waals surface area contributed by atoms with Crippen molar-refractivity contribution in [2.75, 3.05) is 5.32 Å². The molecule has 6 nitrogen and oxygen atoms in total. The van der Waals surface area contributed by atoms with Gasteiger partial charge in [0.25, 0.3) is 5.91 Å². The fourth-order valence-corrected chi connectivity index (χ4v) is 2.27. The Morgan fingerprint density at radius 3 is 2.52 bits per heavy atom. The Morgan fingerprint density at radius 1 is 1.04 bits per heavy atom. The second-order valence-electron chi connectivity index (χ2n) is 5.13. The van der Waals surface area contributed by atoms with Crippen LogP contribution in [0.1, 0.15) is 20.9 Å². The highest BCUT2D eigenvalue weighted by atomic mass is 19.1. The highest BCUT2D eigenvalue weighted by Crippen LogP contribution is 2.26. The number of nitrogens with one attached hydrogen (secondary N) is 1. The van der Waals surface area contributed by atoms with Gasteiger partial charge in [-0.2, -0.15) is 0 Å². The lowest BCUT2D eigenvalue weighted by molar-refractivity contribution is 0.0697. The van der Waals surface area contributed by atoms with Crippen molar-refractivity contribution in [2.24, 2.45) is 0 Å². The van der Waals surface area contributed by atoms with E-state index in [2.05, 4.69) is 5.32 Å². The van der Waals surface area contributed by atoms with Crippen LogP contribution in [0.15, 0.2) is 59.0 Å². The summed E-state index contributed by atoms with van der Waals surface area (Å²) in [5.41, 5.74) is -0.0641. The Hall–Kier alpha value is -3.61. The summed E-state index contributed by atoms with van der Waals surface area (Å²) >= 11 is 0. The first-order valence-electron chi connectivity index (χ1n) is 7.18. The molecule has 0 fully saturated rings. The first kappa shape index (κ1) is 16.3. The van der Waals surface area contributed by atoms with Crippen molar-refractivity contribution in [3.8, 4) is 17.1 Å². The molecule has 25 heavy (non-hydrogen) atoms. The third-order valence-corrected chi connectivity index (χ3v) is 3.45. The molecule has 0 unspecified atom stereocenters. The van der Waals surface area contributed by atoms with Gasteiger partial charge in [0.2, 0.25) is 0 Å². The van der Waals surface area contributed by atoms with Crippen molar-refractivity contribution in [1.29, 1.82) is 0 Å². The standard InChI is InChI=1S/C18H12FNO5/c19-13-4-2-1-3-11(13)15-7-8-16(25-15)17(22)20-14-6-5-10(21)9-12(14)18(23)24/h1-9,21H,(H,20,22)(H,23,24). The summed E-state index contributed by atoms with van der Waals surface area (Å²) in [6.07, 6.45) is 0. The molecule has 3 aromatic rings. The maximum absolute atomic E-state index is 13.8. The normalized spacial score (nSPS) is 10.4. The Balaban J connectivity index is 1.86. The molecule has 3 rings (SSSR count). The largest absolute Gasteiger partial charge is 0.508 e. The SMILES string of the molecule is O=C(Nc1ccc(O)cc1C(=O)O)c1ccc(-c2ccccc2F)o1. The molecule has 0 saturated carbocycles. The number of aromatic hydroxyl groups is 1. The number of anilines is 1. The number of furan rings is 1. The fourth-order valence-electron chi connectivity index (χ4n) is 2.27. The van der Waals surface area contributed by atoms with Crippen molar-refractivity contribution >= 4 is 17.6 Å². The van der Waals surface area contributed by atoms with Crippen molar-refractivity contribution in [2.45, 2.75) is 0 Å². The van der Waals surface area contributed by atoms with E-state index in [1.807, 2.05) is 0 Å². The summed E-state index contributed by atoms with van der Waals surface area (Å²) < 4.78 is 19.1. The van der Waals surface area contributed by atoms with Gasteiger partial charge < -0.3 is 19.9 Å². The average molecular weight is 341 g/mol. The molecule has 1 aromatic heterocycles. The summed E-state index contributed by atoms with van der Waals surface area (Å²) in [6.45, 7) is 0. The number of carboxylic acid groups (broad SMARTS) is 1. The van der Waals surface area contributed by atoms with Gasteiger partial charge in [-0.3, -0.25) is 4.79 Å². The first-order valence-corrected chi connectivity index (χ1v) is 7.18. The zero-order valence-corrected chi connectivity index (χ0v) is 12.7. The third-order valence-electron chi connectivity index (χ3n) is 3.45. The molecule has 0 saturated heterocycles. The van der Waals surface area contributed by atoms with Crippen molar-refractivity contribution in [3.05, 3.63) is 71.7 Å². The number of hydrogen-bond acceptors (Lipinski definition) is 4. The molecule has 126 valence electrons. The van der Waals surface area contributed by atoms with Crippen LogP contribution in [0.25, 0.3) is 11.3 Å². The molecular formula is C18H12FNO5. The number of aromatic carboxylic acids is 1. The minimum atomic E-state index is -1.31. The quantitative estimate of drug-likeness (QED) is 0.628. The molecule has 0 bridgehead atoms. The minimum Gasteiger partial charge on any atom is -0.508 e. The lowest BCUT2D eigenvalue weighted by atomic mass is 10.1. The fraction of sp³-hybridized carbons (Fsp3) is 0. The van der Waals surface area contributed by atoms with Crippen LogP contribution in [0.4, 0.5) is 10.1 Å². The second kappa shape index (κ2) is 6.48. The second-order valence-corrected chi connectivity index (χ2v) is 5.13. The predicted molar refractivity (Wildman–Crippen MR) is 87.1 cm³/mol. The lowest BCUT2D eigenvalue weighted by Crippen LogP contribution is -2.14. The highest BCUT2D eigenvalue weighted by molar-refractivity contribution is 6.06. The molecule has 0 atom stereocenters. The summed E-state index contributed by atoms with van der Waals surface area (Å²) in [5, 5.41) is 20.9. The van der Waals surface area contributed by atoms with E-state index in [0.29, 0.717) is 0 Å².